The molecule has 2 nitrogen and oxygen atoms in total. The van der Waals surface area contributed by atoms with Crippen LogP contribution in [0.2, 0.25) is 0 Å². The lowest BCUT2D eigenvalue weighted by Crippen LogP contribution is -1.87. The maximum Gasteiger partial charge on any atom is 0.124 e. The summed E-state index contributed by atoms with van der Waals surface area (Å²) in [6.45, 7) is 0. The van der Waals surface area contributed by atoms with Crippen molar-refractivity contribution in [2.45, 2.75) is 6.42 Å². The molecule has 0 aliphatic heterocycles. The summed E-state index contributed by atoms with van der Waals surface area (Å²) in [6, 6.07) is 1.82. The van der Waals surface area contributed by atoms with E-state index < -0.39 is 0 Å². The lowest BCUT2D eigenvalue weighted by atomic mass is 10.2. The van der Waals surface area contributed by atoms with Crippen LogP contribution in [0.4, 0.5) is 0 Å². The molecule has 0 radical (unpaired) electrons. The molecule has 0 unspecified atom stereocenters. The Morgan fingerprint density at radius 2 is 2.50 bits per heavy atom. The van der Waals surface area contributed by atoms with Crippen LogP contribution in [0.5, 0.6) is 0 Å². The summed E-state index contributed by atoms with van der Waals surface area (Å²) in [5, 5.41) is 0. The van der Waals surface area contributed by atoms with Crippen LogP contribution < -0.4 is 0 Å². The number of rotatable bonds is 2. The summed E-state index contributed by atoms with van der Waals surface area (Å²) in [5.41, 5.74) is 0.977. The summed E-state index contributed by atoms with van der Waals surface area (Å²) in [5.74, 6) is 0. The molecule has 0 aliphatic rings. The smallest absolute Gasteiger partial charge is 0.124 e. The maximum absolute atomic E-state index is 10.1. The first-order chi connectivity index (χ1) is 4.84. The van der Waals surface area contributed by atoms with E-state index in [1.54, 1.807) is 12.4 Å². The van der Waals surface area contributed by atoms with E-state index in [1.165, 1.54) is 0 Å². The number of aldehydes is 1. The Morgan fingerprint density at radius 1 is 1.70 bits per heavy atom. The Balaban J connectivity index is 2.91. The number of halogens is 1. The lowest BCUT2D eigenvalue weighted by molar-refractivity contribution is -0.107. The first kappa shape index (κ1) is 7.41. The minimum Gasteiger partial charge on any atom is -0.303 e. The predicted octanol–water partition coefficient (Wildman–Crippen LogP) is 1.59. The van der Waals surface area contributed by atoms with Gasteiger partial charge in [0.1, 0.15) is 6.29 Å². The molecule has 0 aliphatic carbocycles. The van der Waals surface area contributed by atoms with Crippen molar-refractivity contribution in [3.05, 3.63) is 28.5 Å². The van der Waals surface area contributed by atoms with Gasteiger partial charge in [-0.15, -0.1) is 0 Å². The standard InChI is InChI=1S/C7H6BrNO/c8-7-5-9-3-1-6(7)2-4-10/h1,3-5H,2H2. The highest BCUT2D eigenvalue weighted by Gasteiger charge is 1.95. The van der Waals surface area contributed by atoms with E-state index in [9.17, 15) is 4.79 Å². The number of carbonyl (C=O) groups excluding carboxylic acids is 1. The van der Waals surface area contributed by atoms with Crippen molar-refractivity contribution in [3.8, 4) is 0 Å². The van der Waals surface area contributed by atoms with Gasteiger partial charge in [-0.2, -0.15) is 0 Å². The minimum absolute atomic E-state index is 0.448. The second-order valence-corrected chi connectivity index (χ2v) is 2.69. The number of hydrogen-bond donors (Lipinski definition) is 0. The molecule has 0 fully saturated rings. The van der Waals surface area contributed by atoms with Crippen LogP contribution in [0, 0.1) is 0 Å². The molecule has 52 valence electrons. The fourth-order valence-corrected chi connectivity index (χ4v) is 1.07. The summed E-state index contributed by atoms with van der Waals surface area (Å²) >= 11 is 3.28. The van der Waals surface area contributed by atoms with E-state index in [1.807, 2.05) is 6.07 Å². The zero-order valence-electron chi connectivity index (χ0n) is 5.25. The van der Waals surface area contributed by atoms with Gasteiger partial charge in [-0.3, -0.25) is 4.98 Å². The van der Waals surface area contributed by atoms with Gasteiger partial charge in [0.25, 0.3) is 0 Å². The summed E-state index contributed by atoms with van der Waals surface area (Å²) in [7, 11) is 0. The van der Waals surface area contributed by atoms with Crippen molar-refractivity contribution in [2.75, 3.05) is 0 Å². The Hall–Kier alpha value is -0.700. The molecular weight excluding hydrogens is 194 g/mol. The van der Waals surface area contributed by atoms with E-state index in [4.69, 9.17) is 0 Å². The molecule has 3 heteroatoms. The largest absolute Gasteiger partial charge is 0.303 e. The van der Waals surface area contributed by atoms with E-state index in [-0.39, 0.29) is 0 Å². The van der Waals surface area contributed by atoms with Crippen molar-refractivity contribution in [2.24, 2.45) is 0 Å². The van der Waals surface area contributed by atoms with E-state index in [0.717, 1.165) is 16.3 Å². The molecule has 10 heavy (non-hydrogen) atoms. The van der Waals surface area contributed by atoms with Gasteiger partial charge in [0, 0.05) is 23.3 Å². The molecule has 0 spiro atoms. The van der Waals surface area contributed by atoms with Gasteiger partial charge < -0.3 is 4.79 Å². The van der Waals surface area contributed by atoms with Gasteiger partial charge in [0.15, 0.2) is 0 Å². The average molecular weight is 200 g/mol. The summed E-state index contributed by atoms with van der Waals surface area (Å²) < 4.78 is 0.891. The number of aromatic nitrogens is 1. The molecule has 0 aromatic carbocycles. The van der Waals surface area contributed by atoms with Crippen LogP contribution in [0.25, 0.3) is 0 Å². The molecular formula is C7H6BrNO. The zero-order valence-corrected chi connectivity index (χ0v) is 6.84. The van der Waals surface area contributed by atoms with Gasteiger partial charge in [-0.1, -0.05) is 0 Å². The molecule has 0 atom stereocenters. The fourth-order valence-electron chi connectivity index (χ4n) is 0.659. The number of carbonyl (C=O) groups is 1. The molecule has 0 amide bonds. The Morgan fingerprint density at radius 3 is 3.10 bits per heavy atom. The summed E-state index contributed by atoms with van der Waals surface area (Å²) in [4.78, 5) is 13.9. The average Bonchev–Trinajstić information content (AvgIpc) is 1.94. The molecule has 0 bridgehead atoms. The second-order valence-electron chi connectivity index (χ2n) is 1.84. The molecule has 0 saturated carbocycles. The molecule has 1 aromatic heterocycles. The van der Waals surface area contributed by atoms with Crippen LogP contribution in [0.3, 0.4) is 0 Å². The van der Waals surface area contributed by atoms with Crippen molar-refractivity contribution < 1.29 is 4.79 Å². The first-order valence-corrected chi connectivity index (χ1v) is 3.66. The van der Waals surface area contributed by atoms with Gasteiger partial charge in [-0.25, -0.2) is 0 Å². The fraction of sp³-hybridized carbons (Fsp3) is 0.143. The maximum atomic E-state index is 10.1. The van der Waals surface area contributed by atoms with Gasteiger partial charge in [-0.05, 0) is 27.6 Å². The highest BCUT2D eigenvalue weighted by Crippen LogP contribution is 2.13. The Labute approximate surface area is 67.4 Å². The topological polar surface area (TPSA) is 30.0 Å². The predicted molar refractivity (Wildman–Crippen MR) is 41.7 cm³/mol. The minimum atomic E-state index is 0.448. The van der Waals surface area contributed by atoms with Crippen molar-refractivity contribution >= 4 is 22.2 Å². The van der Waals surface area contributed by atoms with Crippen molar-refractivity contribution in [1.82, 2.24) is 4.98 Å². The highest BCUT2D eigenvalue weighted by atomic mass is 79.9. The number of pyridine rings is 1. The molecule has 0 saturated heterocycles. The van der Waals surface area contributed by atoms with E-state index >= 15 is 0 Å². The molecule has 1 rings (SSSR count). The normalized spacial score (nSPS) is 9.30. The van der Waals surface area contributed by atoms with Crippen LogP contribution in [0.15, 0.2) is 22.9 Å². The number of hydrogen-bond acceptors (Lipinski definition) is 2. The Bertz CT molecular complexity index is 237. The monoisotopic (exact) mass is 199 g/mol. The molecule has 1 heterocycles. The van der Waals surface area contributed by atoms with Gasteiger partial charge >= 0.3 is 0 Å². The van der Waals surface area contributed by atoms with Crippen LogP contribution in [-0.4, -0.2) is 11.3 Å². The third-order valence-electron chi connectivity index (χ3n) is 1.16. The second kappa shape index (κ2) is 3.46. The van der Waals surface area contributed by atoms with Crippen LogP contribution in [0.1, 0.15) is 5.56 Å². The summed E-state index contributed by atoms with van der Waals surface area (Å²) in [6.07, 6.45) is 4.67. The number of nitrogens with zero attached hydrogens (tertiary/aromatic N) is 1. The van der Waals surface area contributed by atoms with Crippen LogP contribution in [-0.2, 0) is 11.2 Å². The van der Waals surface area contributed by atoms with Crippen molar-refractivity contribution in [1.29, 1.82) is 0 Å². The SMILES string of the molecule is O=CCc1ccncc1Br. The molecule has 0 N–H and O–H groups in total. The third-order valence-corrected chi connectivity index (χ3v) is 1.87. The van der Waals surface area contributed by atoms with Gasteiger partial charge in [0.05, 0.1) is 0 Å². The highest BCUT2D eigenvalue weighted by molar-refractivity contribution is 9.10. The quantitative estimate of drug-likeness (QED) is 0.678. The van der Waals surface area contributed by atoms with Crippen LogP contribution >= 0.6 is 15.9 Å². The van der Waals surface area contributed by atoms with Crippen molar-refractivity contribution in [3.63, 3.8) is 0 Å². The van der Waals surface area contributed by atoms with E-state index in [2.05, 4.69) is 20.9 Å². The van der Waals surface area contributed by atoms with Gasteiger partial charge in [0.2, 0.25) is 0 Å². The molecule has 1 aromatic rings. The first-order valence-electron chi connectivity index (χ1n) is 2.86. The third kappa shape index (κ3) is 1.64. The van der Waals surface area contributed by atoms with E-state index in [0.29, 0.717) is 6.42 Å². The lowest BCUT2D eigenvalue weighted by Gasteiger charge is -1.95. The Kier molecular flexibility index (Phi) is 2.57. The zero-order chi connectivity index (χ0) is 7.40.